The lowest BCUT2D eigenvalue weighted by Crippen LogP contribution is -1.97. The molecule has 0 aliphatic rings. The Morgan fingerprint density at radius 2 is 1.93 bits per heavy atom. The number of carbonyl (C=O) groups is 1. The Balaban J connectivity index is 3.23. The monoisotopic (exact) mass is 196 g/mol. The number of rotatable bonds is 8. The Labute approximate surface area is 86.6 Å². The molecule has 2 heteroatoms. The number of esters is 1. The number of unbranched alkanes of at least 4 members (excludes halogenated alkanes) is 3. The molecule has 0 saturated carbocycles. The molecule has 2 nitrogen and oxygen atoms in total. The van der Waals surface area contributed by atoms with Crippen molar-refractivity contribution in [3.8, 4) is 0 Å². The summed E-state index contributed by atoms with van der Waals surface area (Å²) in [5, 5.41) is 0. The second-order valence-electron chi connectivity index (χ2n) is 3.16. The molecule has 0 spiro atoms. The van der Waals surface area contributed by atoms with Crippen LogP contribution in [0.4, 0.5) is 0 Å². The van der Waals surface area contributed by atoms with Crippen LogP contribution in [0.2, 0.25) is 0 Å². The molecule has 0 unspecified atom stereocenters. The fraction of sp³-hybridized carbons (Fsp3) is 0.583. The Bertz CT molecular complexity index is 183. The van der Waals surface area contributed by atoms with Crippen LogP contribution >= 0.6 is 0 Å². The summed E-state index contributed by atoms with van der Waals surface area (Å²) in [4.78, 5) is 10.9. The van der Waals surface area contributed by atoms with E-state index in [1.54, 1.807) is 0 Å². The molecule has 14 heavy (non-hydrogen) atoms. The maximum absolute atomic E-state index is 10.9. The molecule has 0 N–H and O–H groups in total. The molecule has 0 heterocycles. The zero-order valence-electron chi connectivity index (χ0n) is 9.00. The van der Waals surface area contributed by atoms with Crippen LogP contribution in [0, 0.1) is 0 Å². The molecule has 0 aliphatic heterocycles. The molecule has 0 rings (SSSR count). The molecule has 0 fully saturated rings. The second kappa shape index (κ2) is 10.0. The van der Waals surface area contributed by atoms with E-state index in [1.165, 1.54) is 19.1 Å². The van der Waals surface area contributed by atoms with Gasteiger partial charge in [0.2, 0.25) is 0 Å². The molecule has 80 valence electrons. The minimum absolute atomic E-state index is 0.193. The highest BCUT2D eigenvalue weighted by atomic mass is 16.5. The van der Waals surface area contributed by atoms with Crippen LogP contribution < -0.4 is 0 Å². The van der Waals surface area contributed by atoms with E-state index in [0.717, 1.165) is 19.3 Å². The van der Waals surface area contributed by atoms with Gasteiger partial charge in [-0.05, 0) is 19.3 Å². The molecule has 0 bridgehead atoms. The molecule has 0 radical (unpaired) electrons. The molecule has 0 atom stereocenters. The van der Waals surface area contributed by atoms with Crippen LogP contribution in [-0.2, 0) is 9.53 Å². The van der Waals surface area contributed by atoms with Crippen LogP contribution in [0.15, 0.2) is 25.0 Å². The summed E-state index contributed by atoms with van der Waals surface area (Å²) < 4.78 is 4.59. The topological polar surface area (TPSA) is 26.3 Å². The van der Waals surface area contributed by atoms with E-state index in [9.17, 15) is 4.79 Å². The van der Waals surface area contributed by atoms with E-state index in [1.807, 2.05) is 0 Å². The average molecular weight is 196 g/mol. The quantitative estimate of drug-likeness (QED) is 0.257. The summed E-state index contributed by atoms with van der Waals surface area (Å²) in [5.41, 5.74) is 0. The van der Waals surface area contributed by atoms with Crippen molar-refractivity contribution >= 4 is 5.97 Å². The van der Waals surface area contributed by atoms with Gasteiger partial charge in [0.1, 0.15) is 0 Å². The fourth-order valence-electron chi connectivity index (χ4n) is 1.07. The van der Waals surface area contributed by atoms with Gasteiger partial charge in [-0.3, -0.25) is 4.79 Å². The van der Waals surface area contributed by atoms with Gasteiger partial charge in [-0.2, -0.15) is 0 Å². The highest BCUT2D eigenvalue weighted by Crippen LogP contribution is 2.01. The van der Waals surface area contributed by atoms with Crippen molar-refractivity contribution in [1.29, 1.82) is 0 Å². The predicted octanol–water partition coefficient (Wildman–Crippen LogP) is 3.59. The maximum Gasteiger partial charge on any atom is 0.310 e. The first-order valence-corrected chi connectivity index (χ1v) is 5.26. The van der Waals surface area contributed by atoms with Crippen LogP contribution in [0.25, 0.3) is 0 Å². The summed E-state index contributed by atoms with van der Waals surface area (Å²) in [5.74, 6) is -0.193. The summed E-state index contributed by atoms with van der Waals surface area (Å²) in [6, 6.07) is 0. The molecule has 0 aromatic carbocycles. The van der Waals surface area contributed by atoms with Crippen molar-refractivity contribution in [2.75, 3.05) is 0 Å². The molecule has 0 saturated heterocycles. The summed E-state index contributed by atoms with van der Waals surface area (Å²) in [6.45, 7) is 5.50. The largest absolute Gasteiger partial charge is 0.435 e. The normalized spacial score (nSPS) is 10.4. The van der Waals surface area contributed by atoms with Gasteiger partial charge < -0.3 is 4.74 Å². The van der Waals surface area contributed by atoms with Crippen molar-refractivity contribution < 1.29 is 9.53 Å². The first-order valence-electron chi connectivity index (χ1n) is 5.26. The van der Waals surface area contributed by atoms with E-state index in [0.29, 0.717) is 6.42 Å². The van der Waals surface area contributed by atoms with Crippen LogP contribution in [0.5, 0.6) is 0 Å². The number of ether oxygens (including phenoxy) is 1. The van der Waals surface area contributed by atoms with E-state index < -0.39 is 0 Å². The number of allylic oxidation sites excluding steroid dienone is 2. The van der Waals surface area contributed by atoms with Crippen LogP contribution in [0.1, 0.15) is 45.4 Å². The van der Waals surface area contributed by atoms with Crippen molar-refractivity contribution in [2.24, 2.45) is 0 Å². The molecule has 0 aliphatic carbocycles. The van der Waals surface area contributed by atoms with Gasteiger partial charge in [-0.1, -0.05) is 38.5 Å². The van der Waals surface area contributed by atoms with Crippen LogP contribution in [0.3, 0.4) is 0 Å². The van der Waals surface area contributed by atoms with Gasteiger partial charge in [0.05, 0.1) is 6.26 Å². The van der Waals surface area contributed by atoms with Gasteiger partial charge in [0, 0.05) is 6.42 Å². The zero-order valence-corrected chi connectivity index (χ0v) is 9.00. The van der Waals surface area contributed by atoms with E-state index in [2.05, 4.69) is 30.4 Å². The van der Waals surface area contributed by atoms with Gasteiger partial charge in [-0.15, -0.1) is 0 Å². The molecule has 0 aromatic heterocycles. The minimum Gasteiger partial charge on any atom is -0.435 e. The molecule has 0 amide bonds. The fourth-order valence-corrected chi connectivity index (χ4v) is 1.07. The highest BCUT2D eigenvalue weighted by molar-refractivity contribution is 5.69. The molecular formula is C12H20O2. The number of hydrogen-bond donors (Lipinski definition) is 0. The lowest BCUT2D eigenvalue weighted by molar-refractivity contribution is -0.138. The lowest BCUT2D eigenvalue weighted by Gasteiger charge is -1.96. The van der Waals surface area contributed by atoms with Crippen molar-refractivity contribution in [3.63, 3.8) is 0 Å². The van der Waals surface area contributed by atoms with Gasteiger partial charge >= 0.3 is 5.97 Å². The van der Waals surface area contributed by atoms with Crippen LogP contribution in [-0.4, -0.2) is 5.97 Å². The van der Waals surface area contributed by atoms with E-state index >= 15 is 0 Å². The molecular weight excluding hydrogens is 176 g/mol. The Morgan fingerprint density at radius 3 is 2.50 bits per heavy atom. The third-order valence-electron chi connectivity index (χ3n) is 1.86. The van der Waals surface area contributed by atoms with Gasteiger partial charge in [-0.25, -0.2) is 0 Å². The maximum atomic E-state index is 10.9. The predicted molar refractivity (Wildman–Crippen MR) is 58.8 cm³/mol. The second-order valence-corrected chi connectivity index (χ2v) is 3.16. The standard InChI is InChI=1S/C12H20O2/c1-3-5-6-7-8-9-10-11-12(13)14-4-2/h4,7-8H,2-3,5-6,9-11H2,1H3/b8-7+. The SMILES string of the molecule is C=COC(=O)CCC/C=C/CCCC. The molecule has 0 aromatic rings. The summed E-state index contributed by atoms with van der Waals surface area (Å²) in [7, 11) is 0. The third-order valence-corrected chi connectivity index (χ3v) is 1.86. The smallest absolute Gasteiger partial charge is 0.310 e. The van der Waals surface area contributed by atoms with Gasteiger partial charge in [0.25, 0.3) is 0 Å². The average Bonchev–Trinajstić information content (AvgIpc) is 2.17. The third kappa shape index (κ3) is 9.04. The Kier molecular flexibility index (Phi) is 9.28. The van der Waals surface area contributed by atoms with E-state index in [-0.39, 0.29) is 5.97 Å². The first kappa shape index (κ1) is 12.9. The number of hydrogen-bond acceptors (Lipinski definition) is 2. The minimum atomic E-state index is -0.193. The van der Waals surface area contributed by atoms with Crippen molar-refractivity contribution in [1.82, 2.24) is 0 Å². The first-order chi connectivity index (χ1) is 6.81. The summed E-state index contributed by atoms with van der Waals surface area (Å²) >= 11 is 0. The van der Waals surface area contributed by atoms with E-state index in [4.69, 9.17) is 0 Å². The van der Waals surface area contributed by atoms with Gasteiger partial charge in [0.15, 0.2) is 0 Å². The van der Waals surface area contributed by atoms with Crippen molar-refractivity contribution in [2.45, 2.75) is 45.4 Å². The lowest BCUT2D eigenvalue weighted by atomic mass is 10.2. The summed E-state index contributed by atoms with van der Waals surface area (Å²) in [6.07, 6.45) is 11.4. The number of carbonyl (C=O) groups excluding carboxylic acids is 1. The highest BCUT2D eigenvalue weighted by Gasteiger charge is 1.97. The zero-order chi connectivity index (χ0) is 10.6. The van der Waals surface area contributed by atoms with Crippen molar-refractivity contribution in [3.05, 3.63) is 25.0 Å². The Hall–Kier alpha value is -1.05. The Morgan fingerprint density at radius 1 is 1.29 bits per heavy atom.